The van der Waals surface area contributed by atoms with Crippen molar-refractivity contribution >= 4 is 11.9 Å². The Morgan fingerprint density at radius 3 is 2.36 bits per heavy atom. The van der Waals surface area contributed by atoms with Gasteiger partial charge in [0, 0.05) is 0 Å². The third-order valence-electron chi connectivity index (χ3n) is 1.84. The van der Waals surface area contributed by atoms with Crippen LogP contribution in [0.4, 0.5) is 0 Å². The van der Waals surface area contributed by atoms with Gasteiger partial charge in [0.15, 0.2) is 0 Å². The first-order valence-electron chi connectivity index (χ1n) is 5.00. The summed E-state index contributed by atoms with van der Waals surface area (Å²) in [7, 11) is 0. The molecule has 0 aliphatic carbocycles. The van der Waals surface area contributed by atoms with E-state index in [2.05, 4.69) is 0 Å². The highest BCUT2D eigenvalue weighted by molar-refractivity contribution is 5.78. The van der Waals surface area contributed by atoms with Crippen molar-refractivity contribution in [3.05, 3.63) is 0 Å². The van der Waals surface area contributed by atoms with E-state index in [4.69, 9.17) is 9.84 Å². The molecule has 0 fully saturated rings. The molecule has 1 N–H and O–H groups in total. The van der Waals surface area contributed by atoms with Crippen LogP contribution in [0.15, 0.2) is 0 Å². The van der Waals surface area contributed by atoms with Crippen molar-refractivity contribution in [2.24, 2.45) is 5.92 Å². The quantitative estimate of drug-likeness (QED) is 0.640. The van der Waals surface area contributed by atoms with Gasteiger partial charge in [-0.1, -0.05) is 20.3 Å². The third-order valence-corrected chi connectivity index (χ3v) is 1.84. The molecule has 0 bridgehead atoms. The molecule has 0 radical (unpaired) electrons. The van der Waals surface area contributed by atoms with E-state index in [1.54, 1.807) is 0 Å². The van der Waals surface area contributed by atoms with E-state index >= 15 is 0 Å². The summed E-state index contributed by atoms with van der Waals surface area (Å²) in [6, 6.07) is 0. The highest BCUT2D eigenvalue weighted by Gasteiger charge is 2.21. The summed E-state index contributed by atoms with van der Waals surface area (Å²) in [6.45, 7) is 4.19. The molecule has 82 valence electrons. The fourth-order valence-corrected chi connectivity index (χ4v) is 1.18. The van der Waals surface area contributed by atoms with Crippen LogP contribution in [-0.2, 0) is 14.3 Å². The lowest BCUT2D eigenvalue weighted by Gasteiger charge is -2.12. The summed E-state index contributed by atoms with van der Waals surface area (Å²) >= 11 is 0. The molecule has 14 heavy (non-hydrogen) atoms. The minimum absolute atomic E-state index is 0.129. The first-order chi connectivity index (χ1) is 6.61. The second-order valence-corrected chi connectivity index (χ2v) is 3.25. The van der Waals surface area contributed by atoms with Crippen LogP contribution < -0.4 is 0 Å². The van der Waals surface area contributed by atoms with E-state index in [9.17, 15) is 9.59 Å². The number of hydrogen-bond acceptors (Lipinski definition) is 3. The molecule has 0 amide bonds. The van der Waals surface area contributed by atoms with Crippen LogP contribution in [0.2, 0.25) is 0 Å². The van der Waals surface area contributed by atoms with E-state index in [0.29, 0.717) is 13.0 Å². The van der Waals surface area contributed by atoms with Crippen molar-refractivity contribution in [3.8, 4) is 0 Å². The fraction of sp³-hybridized carbons (Fsp3) is 0.800. The lowest BCUT2D eigenvalue weighted by Crippen LogP contribution is -2.21. The maximum absolute atomic E-state index is 11.3. The maximum Gasteiger partial charge on any atom is 0.309 e. The van der Waals surface area contributed by atoms with Gasteiger partial charge < -0.3 is 9.84 Å². The van der Waals surface area contributed by atoms with Gasteiger partial charge in [0.1, 0.15) is 0 Å². The van der Waals surface area contributed by atoms with E-state index in [0.717, 1.165) is 12.8 Å². The van der Waals surface area contributed by atoms with Crippen LogP contribution >= 0.6 is 0 Å². The second-order valence-electron chi connectivity index (χ2n) is 3.25. The van der Waals surface area contributed by atoms with Crippen molar-refractivity contribution in [3.63, 3.8) is 0 Å². The summed E-state index contributed by atoms with van der Waals surface area (Å²) in [5.41, 5.74) is 0. The number of aliphatic carboxylic acids is 1. The highest BCUT2D eigenvalue weighted by atomic mass is 16.5. The predicted molar refractivity (Wildman–Crippen MR) is 51.9 cm³/mol. The Labute approximate surface area is 84.3 Å². The minimum atomic E-state index is -0.947. The van der Waals surface area contributed by atoms with Gasteiger partial charge in [-0.2, -0.15) is 0 Å². The summed E-state index contributed by atoms with van der Waals surface area (Å²) in [6.07, 6.45) is 2.00. The summed E-state index contributed by atoms with van der Waals surface area (Å²) in [5.74, 6) is -1.81. The molecule has 0 aromatic rings. The van der Waals surface area contributed by atoms with E-state index in [1.807, 2.05) is 13.8 Å². The van der Waals surface area contributed by atoms with Crippen molar-refractivity contribution in [2.45, 2.75) is 39.5 Å². The number of esters is 1. The van der Waals surface area contributed by atoms with Gasteiger partial charge in [0.25, 0.3) is 0 Å². The van der Waals surface area contributed by atoms with Crippen LogP contribution in [0.5, 0.6) is 0 Å². The number of ether oxygens (including phenoxy) is 1. The van der Waals surface area contributed by atoms with Crippen LogP contribution in [0.25, 0.3) is 0 Å². The Bertz CT molecular complexity index is 189. The van der Waals surface area contributed by atoms with Gasteiger partial charge >= 0.3 is 11.9 Å². The van der Waals surface area contributed by atoms with Crippen molar-refractivity contribution in [2.75, 3.05) is 6.61 Å². The molecule has 0 aliphatic rings. The first kappa shape index (κ1) is 12.9. The zero-order valence-electron chi connectivity index (χ0n) is 8.78. The second kappa shape index (κ2) is 7.35. The average Bonchev–Trinajstić information content (AvgIpc) is 2.13. The smallest absolute Gasteiger partial charge is 0.309 e. The zero-order valence-corrected chi connectivity index (χ0v) is 8.78. The van der Waals surface area contributed by atoms with Gasteiger partial charge in [-0.3, -0.25) is 9.59 Å². The molecule has 4 nitrogen and oxygen atoms in total. The SMILES string of the molecule is CCCOC(=O)C(CCC)CC(=O)O. The Morgan fingerprint density at radius 1 is 1.29 bits per heavy atom. The van der Waals surface area contributed by atoms with E-state index in [-0.39, 0.29) is 12.4 Å². The number of carbonyl (C=O) groups is 2. The van der Waals surface area contributed by atoms with Gasteiger partial charge in [0.05, 0.1) is 18.9 Å². The fourth-order valence-electron chi connectivity index (χ4n) is 1.18. The van der Waals surface area contributed by atoms with Crippen LogP contribution in [0, 0.1) is 5.92 Å². The standard InChI is InChI=1S/C10H18O4/c1-3-5-8(7-9(11)12)10(13)14-6-4-2/h8H,3-7H2,1-2H3,(H,11,12). The lowest BCUT2D eigenvalue weighted by molar-refractivity contribution is -0.153. The van der Waals surface area contributed by atoms with E-state index in [1.165, 1.54) is 0 Å². The Morgan fingerprint density at radius 2 is 1.93 bits per heavy atom. The molecule has 1 atom stereocenters. The average molecular weight is 202 g/mol. The molecule has 0 aromatic heterocycles. The Hall–Kier alpha value is -1.06. The number of carbonyl (C=O) groups excluding carboxylic acids is 1. The molecule has 0 aromatic carbocycles. The van der Waals surface area contributed by atoms with Crippen molar-refractivity contribution in [1.82, 2.24) is 0 Å². The van der Waals surface area contributed by atoms with Gasteiger partial charge in [0.2, 0.25) is 0 Å². The molecular formula is C10H18O4. The lowest BCUT2D eigenvalue weighted by atomic mass is 10.0. The molecular weight excluding hydrogens is 184 g/mol. The molecule has 0 saturated carbocycles. The minimum Gasteiger partial charge on any atom is -0.481 e. The molecule has 0 rings (SSSR count). The molecule has 0 saturated heterocycles. The van der Waals surface area contributed by atoms with Crippen LogP contribution in [0.3, 0.4) is 0 Å². The number of carboxylic acids is 1. The van der Waals surface area contributed by atoms with Gasteiger partial charge in [-0.25, -0.2) is 0 Å². The highest BCUT2D eigenvalue weighted by Crippen LogP contribution is 2.13. The molecule has 0 heterocycles. The van der Waals surface area contributed by atoms with Crippen molar-refractivity contribution < 1.29 is 19.4 Å². The zero-order chi connectivity index (χ0) is 11.0. The number of carboxylic acid groups (broad SMARTS) is 1. The Balaban J connectivity index is 4.03. The molecule has 0 spiro atoms. The summed E-state index contributed by atoms with van der Waals surface area (Å²) in [4.78, 5) is 21.8. The maximum atomic E-state index is 11.3. The largest absolute Gasteiger partial charge is 0.481 e. The monoisotopic (exact) mass is 202 g/mol. The van der Waals surface area contributed by atoms with Gasteiger partial charge in [-0.05, 0) is 12.8 Å². The first-order valence-corrected chi connectivity index (χ1v) is 5.00. The molecule has 1 unspecified atom stereocenters. The topological polar surface area (TPSA) is 63.6 Å². The summed E-state index contributed by atoms with van der Waals surface area (Å²) < 4.78 is 4.90. The summed E-state index contributed by atoms with van der Waals surface area (Å²) in [5, 5.41) is 8.58. The molecule has 4 heteroatoms. The van der Waals surface area contributed by atoms with Crippen LogP contribution in [0.1, 0.15) is 39.5 Å². The third kappa shape index (κ3) is 5.56. The normalized spacial score (nSPS) is 12.1. The van der Waals surface area contributed by atoms with Crippen molar-refractivity contribution in [1.29, 1.82) is 0 Å². The van der Waals surface area contributed by atoms with Crippen LogP contribution in [-0.4, -0.2) is 23.7 Å². The number of rotatable bonds is 7. The Kier molecular flexibility index (Phi) is 6.80. The number of hydrogen-bond donors (Lipinski definition) is 1. The van der Waals surface area contributed by atoms with E-state index < -0.39 is 11.9 Å². The predicted octanol–water partition coefficient (Wildman–Crippen LogP) is 1.83. The molecule has 0 aliphatic heterocycles. The van der Waals surface area contributed by atoms with Gasteiger partial charge in [-0.15, -0.1) is 0 Å².